The van der Waals surface area contributed by atoms with Crippen molar-refractivity contribution in [1.82, 2.24) is 0 Å². The average molecular weight is 145 g/mol. The third-order valence-electron chi connectivity index (χ3n) is 1.21. The van der Waals surface area contributed by atoms with E-state index in [-0.39, 0.29) is 15.0 Å². The summed E-state index contributed by atoms with van der Waals surface area (Å²) in [7, 11) is -0.0414. The summed E-state index contributed by atoms with van der Waals surface area (Å²) in [5, 5.41) is 0. The number of hydrogen-bond acceptors (Lipinski definition) is 2. The van der Waals surface area contributed by atoms with Crippen molar-refractivity contribution in [3.05, 3.63) is 0 Å². The van der Waals surface area contributed by atoms with Gasteiger partial charge in [0.25, 0.3) is 0 Å². The molecule has 0 rings (SSSR count). The predicted octanol–water partition coefficient (Wildman–Crippen LogP) is 0.765. The lowest BCUT2D eigenvalue weighted by Crippen LogP contribution is -2.30. The monoisotopic (exact) mass is 145 g/mol. The van der Waals surface area contributed by atoms with Crippen molar-refractivity contribution in [2.45, 2.75) is 38.1 Å². The average Bonchev–Trinajstić information content (AvgIpc) is 1.63. The molecule has 4 N–H and O–H groups in total. The maximum atomic E-state index is 5.37. The first-order chi connectivity index (χ1) is 4.13. The van der Waals surface area contributed by atoms with E-state index in [1.165, 1.54) is 12.5 Å². The first kappa shape index (κ1) is 9.14. The second kappa shape index (κ2) is 4.96. The molecule has 0 unspecified atom stereocenters. The van der Waals surface area contributed by atoms with E-state index < -0.39 is 0 Å². The van der Waals surface area contributed by atoms with E-state index in [9.17, 15) is 0 Å². The van der Waals surface area contributed by atoms with Crippen LogP contribution in [0.25, 0.3) is 0 Å². The predicted molar refractivity (Wildman–Crippen MR) is 43.7 cm³/mol. The minimum atomic E-state index is -0.0913. The smallest absolute Gasteiger partial charge is 0.0520 e. The Balaban J connectivity index is 2.91. The first-order valence-electron chi connectivity index (χ1n) is 3.43. The Bertz CT molecular complexity index is 56.1. The summed E-state index contributed by atoms with van der Waals surface area (Å²) >= 11 is 0. The Morgan fingerprint density at radius 2 is 1.89 bits per heavy atom. The van der Waals surface area contributed by atoms with Crippen LogP contribution in [0.2, 0.25) is 19.1 Å². The molecule has 0 saturated carbocycles. The van der Waals surface area contributed by atoms with Crippen LogP contribution in [0, 0.1) is 0 Å². The van der Waals surface area contributed by atoms with Gasteiger partial charge < -0.3 is 11.5 Å². The van der Waals surface area contributed by atoms with E-state index in [0.717, 1.165) is 6.42 Å². The summed E-state index contributed by atoms with van der Waals surface area (Å²) in [4.78, 5) is 0. The molecule has 55 valence electrons. The molecule has 0 aliphatic rings. The molecule has 0 fully saturated rings. The van der Waals surface area contributed by atoms with Crippen molar-refractivity contribution in [1.29, 1.82) is 0 Å². The second-order valence-corrected chi connectivity index (χ2v) is 5.68. The Morgan fingerprint density at radius 1 is 1.33 bits per heavy atom. The van der Waals surface area contributed by atoms with Gasteiger partial charge in [-0.2, -0.15) is 0 Å². The van der Waals surface area contributed by atoms with Crippen LogP contribution in [0.3, 0.4) is 0 Å². The van der Waals surface area contributed by atoms with E-state index in [4.69, 9.17) is 11.5 Å². The Kier molecular flexibility index (Phi) is 5.04. The van der Waals surface area contributed by atoms with Crippen molar-refractivity contribution < 1.29 is 0 Å². The van der Waals surface area contributed by atoms with Gasteiger partial charge in [0.2, 0.25) is 0 Å². The maximum absolute atomic E-state index is 5.37. The quantitative estimate of drug-likeness (QED) is 0.453. The molecular formula is C6H17N2Si. The summed E-state index contributed by atoms with van der Waals surface area (Å²) in [6.07, 6.45) is 2.10. The SMILES string of the molecule is C[Si](C)CCCC(N)N. The highest BCUT2D eigenvalue weighted by molar-refractivity contribution is 6.55. The molecule has 2 nitrogen and oxygen atoms in total. The highest BCUT2D eigenvalue weighted by Crippen LogP contribution is 2.00. The largest absolute Gasteiger partial charge is 0.316 e. The van der Waals surface area contributed by atoms with Crippen LogP contribution >= 0.6 is 0 Å². The van der Waals surface area contributed by atoms with Crippen LogP contribution in [0.5, 0.6) is 0 Å². The zero-order chi connectivity index (χ0) is 7.28. The number of nitrogens with two attached hydrogens (primary N) is 2. The van der Waals surface area contributed by atoms with Crippen LogP contribution in [0.1, 0.15) is 12.8 Å². The van der Waals surface area contributed by atoms with Crippen molar-refractivity contribution in [3.8, 4) is 0 Å². The lowest BCUT2D eigenvalue weighted by atomic mass is 10.3. The minimum Gasteiger partial charge on any atom is -0.316 e. The molecule has 0 aliphatic carbocycles. The van der Waals surface area contributed by atoms with Gasteiger partial charge in [-0.1, -0.05) is 25.6 Å². The third-order valence-corrected chi connectivity index (χ3v) is 2.57. The summed E-state index contributed by atoms with van der Waals surface area (Å²) in [6.45, 7) is 4.62. The molecule has 0 aromatic rings. The van der Waals surface area contributed by atoms with Crippen LogP contribution in [-0.4, -0.2) is 15.0 Å². The zero-order valence-corrected chi connectivity index (χ0v) is 7.35. The van der Waals surface area contributed by atoms with Gasteiger partial charge in [-0.3, -0.25) is 0 Å². The van der Waals surface area contributed by atoms with Crippen molar-refractivity contribution in [2.75, 3.05) is 0 Å². The van der Waals surface area contributed by atoms with Gasteiger partial charge in [-0.15, -0.1) is 0 Å². The Labute approximate surface area is 59.2 Å². The fourth-order valence-electron chi connectivity index (χ4n) is 0.691. The number of hydrogen-bond donors (Lipinski definition) is 2. The molecule has 0 spiro atoms. The molecule has 0 aromatic heterocycles. The van der Waals surface area contributed by atoms with Crippen LogP contribution < -0.4 is 11.5 Å². The topological polar surface area (TPSA) is 52.0 Å². The molecule has 0 saturated heterocycles. The molecule has 9 heavy (non-hydrogen) atoms. The van der Waals surface area contributed by atoms with Gasteiger partial charge in [0.05, 0.1) is 6.17 Å². The van der Waals surface area contributed by atoms with Gasteiger partial charge in [0.15, 0.2) is 0 Å². The van der Waals surface area contributed by atoms with Crippen molar-refractivity contribution in [3.63, 3.8) is 0 Å². The molecular weight excluding hydrogens is 128 g/mol. The van der Waals surface area contributed by atoms with Gasteiger partial charge in [-0.05, 0) is 6.42 Å². The lowest BCUT2D eigenvalue weighted by Gasteiger charge is -2.04. The highest BCUT2D eigenvalue weighted by atomic mass is 28.3. The molecule has 3 heteroatoms. The van der Waals surface area contributed by atoms with Gasteiger partial charge in [0, 0.05) is 8.80 Å². The van der Waals surface area contributed by atoms with Gasteiger partial charge in [-0.25, -0.2) is 0 Å². The standard InChI is InChI=1S/C6H17N2Si/c1-9(2)5-3-4-6(7)8/h6H,3-5,7-8H2,1-2H3. The zero-order valence-electron chi connectivity index (χ0n) is 6.35. The fraction of sp³-hybridized carbons (Fsp3) is 1.00. The molecule has 0 bridgehead atoms. The van der Waals surface area contributed by atoms with Crippen LogP contribution in [-0.2, 0) is 0 Å². The Hall–Kier alpha value is 0.137. The van der Waals surface area contributed by atoms with E-state index in [0.29, 0.717) is 0 Å². The summed E-state index contributed by atoms with van der Waals surface area (Å²) < 4.78 is 0. The molecule has 0 heterocycles. The molecule has 1 radical (unpaired) electrons. The maximum Gasteiger partial charge on any atom is 0.0520 e. The molecule has 0 aromatic carbocycles. The normalized spacial score (nSPS) is 11.3. The molecule has 0 aliphatic heterocycles. The van der Waals surface area contributed by atoms with E-state index in [2.05, 4.69) is 13.1 Å². The first-order valence-corrected chi connectivity index (χ1v) is 6.14. The number of rotatable bonds is 4. The molecule has 0 atom stereocenters. The summed E-state index contributed by atoms with van der Waals surface area (Å²) in [6, 6.07) is 1.34. The van der Waals surface area contributed by atoms with Crippen LogP contribution in [0.4, 0.5) is 0 Å². The second-order valence-electron chi connectivity index (χ2n) is 2.76. The fourth-order valence-corrected chi connectivity index (χ4v) is 1.60. The van der Waals surface area contributed by atoms with E-state index in [1.54, 1.807) is 0 Å². The minimum absolute atomic E-state index is 0.0414. The van der Waals surface area contributed by atoms with Crippen LogP contribution in [0.15, 0.2) is 0 Å². The summed E-state index contributed by atoms with van der Waals surface area (Å²) in [5.74, 6) is 0. The van der Waals surface area contributed by atoms with Crippen molar-refractivity contribution >= 4 is 8.80 Å². The third kappa shape index (κ3) is 8.14. The van der Waals surface area contributed by atoms with E-state index >= 15 is 0 Å². The lowest BCUT2D eigenvalue weighted by molar-refractivity contribution is 0.625. The van der Waals surface area contributed by atoms with Gasteiger partial charge >= 0.3 is 0 Å². The van der Waals surface area contributed by atoms with Gasteiger partial charge in [0.1, 0.15) is 0 Å². The van der Waals surface area contributed by atoms with E-state index in [1.807, 2.05) is 0 Å². The van der Waals surface area contributed by atoms with Crippen molar-refractivity contribution in [2.24, 2.45) is 11.5 Å². The Morgan fingerprint density at radius 3 is 2.22 bits per heavy atom. The molecule has 0 amide bonds. The summed E-state index contributed by atoms with van der Waals surface area (Å²) in [5.41, 5.74) is 10.7. The highest BCUT2D eigenvalue weighted by Gasteiger charge is 1.97.